The molecule has 2 N–H and O–H groups in total. The van der Waals surface area contributed by atoms with Gasteiger partial charge in [-0.05, 0) is 12.5 Å². The maximum atomic E-state index is 9.45. The van der Waals surface area contributed by atoms with Gasteiger partial charge in [0, 0.05) is 12.6 Å². The lowest BCUT2D eigenvalue weighted by atomic mass is 10.2. The summed E-state index contributed by atoms with van der Waals surface area (Å²) in [4.78, 5) is 4.26. The van der Waals surface area contributed by atoms with Crippen LogP contribution in [-0.4, -0.2) is 45.2 Å². The Kier molecular flexibility index (Phi) is 3.10. The van der Waals surface area contributed by atoms with Crippen LogP contribution in [0.1, 0.15) is 18.4 Å². The van der Waals surface area contributed by atoms with Crippen LogP contribution in [0.3, 0.4) is 0 Å². The standard InChI is InChI=1S/C11H13N5O3/c1-18-9-3-2-7(14-15-9)10-13-11(19-16-10)8-4-6(17)5-12-8/h2-3,6,8,12,17H,4-5H2,1H3. The van der Waals surface area contributed by atoms with Gasteiger partial charge < -0.3 is 19.7 Å². The SMILES string of the molecule is COc1ccc(-c2noc(C3CC(O)CN3)n2)nn1. The Labute approximate surface area is 108 Å². The van der Waals surface area contributed by atoms with E-state index in [1.807, 2.05) is 0 Å². The molecule has 1 saturated heterocycles. The molecule has 3 heterocycles. The number of methoxy groups -OCH3 is 1. The summed E-state index contributed by atoms with van der Waals surface area (Å²) in [7, 11) is 1.52. The predicted octanol–water partition coefficient (Wildman–Crippen LogP) is -0.0695. The monoisotopic (exact) mass is 263 g/mol. The maximum Gasteiger partial charge on any atom is 0.244 e. The molecular formula is C11H13N5O3. The molecule has 2 atom stereocenters. The summed E-state index contributed by atoms with van der Waals surface area (Å²) in [5, 5.41) is 24.2. The number of rotatable bonds is 3. The Morgan fingerprint density at radius 3 is 2.95 bits per heavy atom. The molecule has 0 spiro atoms. The number of aliphatic hydroxyl groups is 1. The molecule has 0 saturated carbocycles. The Balaban J connectivity index is 1.80. The Hall–Kier alpha value is -2.06. The fourth-order valence-electron chi connectivity index (χ4n) is 1.93. The Morgan fingerprint density at radius 2 is 2.32 bits per heavy atom. The first-order valence-electron chi connectivity index (χ1n) is 5.89. The van der Waals surface area contributed by atoms with Gasteiger partial charge in [0.05, 0.1) is 19.3 Å². The molecule has 0 bridgehead atoms. The van der Waals surface area contributed by atoms with E-state index in [0.717, 1.165) is 0 Å². The zero-order valence-corrected chi connectivity index (χ0v) is 10.3. The Morgan fingerprint density at radius 1 is 1.42 bits per heavy atom. The van der Waals surface area contributed by atoms with Gasteiger partial charge in [-0.25, -0.2) is 0 Å². The van der Waals surface area contributed by atoms with Gasteiger partial charge >= 0.3 is 0 Å². The molecule has 8 nitrogen and oxygen atoms in total. The summed E-state index contributed by atoms with van der Waals surface area (Å²) in [6, 6.07) is 3.27. The zero-order valence-electron chi connectivity index (χ0n) is 10.3. The first kappa shape index (κ1) is 12.0. The van der Waals surface area contributed by atoms with Crippen molar-refractivity contribution < 1.29 is 14.4 Å². The molecule has 8 heteroatoms. The van der Waals surface area contributed by atoms with Crippen molar-refractivity contribution in [2.45, 2.75) is 18.6 Å². The average Bonchev–Trinajstić information content (AvgIpc) is 3.07. The summed E-state index contributed by atoms with van der Waals surface area (Å²) in [5.74, 6) is 1.24. The summed E-state index contributed by atoms with van der Waals surface area (Å²) in [6.07, 6.45) is 0.191. The summed E-state index contributed by atoms with van der Waals surface area (Å²) in [5.41, 5.74) is 0.509. The number of nitrogens with one attached hydrogen (secondary N) is 1. The van der Waals surface area contributed by atoms with E-state index in [2.05, 4.69) is 25.7 Å². The van der Waals surface area contributed by atoms with Gasteiger partial charge in [0.2, 0.25) is 17.6 Å². The van der Waals surface area contributed by atoms with Crippen LogP contribution in [0.2, 0.25) is 0 Å². The van der Waals surface area contributed by atoms with Crippen LogP contribution in [0.4, 0.5) is 0 Å². The molecular weight excluding hydrogens is 250 g/mol. The molecule has 3 rings (SSSR count). The van der Waals surface area contributed by atoms with Gasteiger partial charge in [0.25, 0.3) is 0 Å². The quantitative estimate of drug-likeness (QED) is 0.792. The van der Waals surface area contributed by atoms with E-state index in [1.54, 1.807) is 12.1 Å². The Bertz CT molecular complexity index is 556. The molecule has 1 fully saturated rings. The van der Waals surface area contributed by atoms with Gasteiger partial charge in [-0.1, -0.05) is 5.16 Å². The molecule has 2 aromatic rings. The van der Waals surface area contributed by atoms with Crippen molar-refractivity contribution >= 4 is 0 Å². The van der Waals surface area contributed by atoms with Crippen molar-refractivity contribution in [2.24, 2.45) is 0 Å². The van der Waals surface area contributed by atoms with Crippen molar-refractivity contribution in [3.63, 3.8) is 0 Å². The molecule has 0 radical (unpaired) electrons. The van der Waals surface area contributed by atoms with Crippen molar-refractivity contribution in [1.82, 2.24) is 25.7 Å². The third-order valence-corrected chi connectivity index (χ3v) is 2.93. The van der Waals surface area contributed by atoms with Gasteiger partial charge in [-0.15, -0.1) is 10.2 Å². The van der Waals surface area contributed by atoms with E-state index < -0.39 is 0 Å². The highest BCUT2D eigenvalue weighted by atomic mass is 16.5. The highest BCUT2D eigenvalue weighted by Crippen LogP contribution is 2.23. The third-order valence-electron chi connectivity index (χ3n) is 2.93. The topological polar surface area (TPSA) is 106 Å². The maximum absolute atomic E-state index is 9.45. The number of ether oxygens (including phenoxy) is 1. The number of nitrogens with zero attached hydrogens (tertiary/aromatic N) is 4. The van der Waals surface area contributed by atoms with Crippen LogP contribution in [0.25, 0.3) is 11.5 Å². The van der Waals surface area contributed by atoms with Gasteiger partial charge in [0.15, 0.2) is 0 Å². The molecule has 0 amide bonds. The normalized spacial score (nSPS) is 22.6. The van der Waals surface area contributed by atoms with Gasteiger partial charge in [0.1, 0.15) is 5.69 Å². The van der Waals surface area contributed by atoms with E-state index in [0.29, 0.717) is 36.3 Å². The second-order valence-electron chi connectivity index (χ2n) is 4.27. The number of β-amino-alcohol motifs (C(OH)–C–C–N with tert-alkyl or cyclic N) is 1. The first-order valence-corrected chi connectivity index (χ1v) is 5.89. The van der Waals surface area contributed by atoms with E-state index in [4.69, 9.17) is 9.26 Å². The van der Waals surface area contributed by atoms with E-state index in [-0.39, 0.29) is 12.1 Å². The summed E-state index contributed by atoms with van der Waals surface area (Å²) >= 11 is 0. The van der Waals surface area contributed by atoms with E-state index in [1.165, 1.54) is 7.11 Å². The smallest absolute Gasteiger partial charge is 0.244 e. The predicted molar refractivity (Wildman–Crippen MR) is 63.2 cm³/mol. The van der Waals surface area contributed by atoms with Gasteiger partial charge in [-0.2, -0.15) is 4.98 Å². The largest absolute Gasteiger partial charge is 0.480 e. The van der Waals surface area contributed by atoms with Crippen molar-refractivity contribution in [3.05, 3.63) is 18.0 Å². The molecule has 2 unspecified atom stereocenters. The molecule has 0 aliphatic carbocycles. The number of aromatic nitrogens is 4. The van der Waals surface area contributed by atoms with Crippen LogP contribution in [0, 0.1) is 0 Å². The van der Waals surface area contributed by atoms with E-state index >= 15 is 0 Å². The fraction of sp³-hybridized carbons (Fsp3) is 0.455. The van der Waals surface area contributed by atoms with Crippen LogP contribution < -0.4 is 10.1 Å². The summed E-state index contributed by atoms with van der Waals surface area (Å²) < 4.78 is 10.1. The minimum Gasteiger partial charge on any atom is -0.480 e. The minimum atomic E-state index is -0.374. The van der Waals surface area contributed by atoms with Crippen LogP contribution in [-0.2, 0) is 0 Å². The third kappa shape index (κ3) is 2.40. The summed E-state index contributed by atoms with van der Waals surface area (Å²) in [6.45, 7) is 0.532. The highest BCUT2D eigenvalue weighted by Gasteiger charge is 2.28. The van der Waals surface area contributed by atoms with Crippen molar-refractivity contribution in [3.8, 4) is 17.4 Å². The average molecular weight is 263 g/mol. The molecule has 1 aliphatic rings. The lowest BCUT2D eigenvalue weighted by Gasteiger charge is -2.01. The second kappa shape index (κ2) is 4.90. The minimum absolute atomic E-state index is 0.109. The highest BCUT2D eigenvalue weighted by molar-refractivity contribution is 5.47. The number of hydrogen-bond donors (Lipinski definition) is 2. The number of aliphatic hydroxyl groups excluding tert-OH is 1. The van der Waals surface area contributed by atoms with Gasteiger partial charge in [-0.3, -0.25) is 0 Å². The van der Waals surface area contributed by atoms with Crippen LogP contribution >= 0.6 is 0 Å². The van der Waals surface area contributed by atoms with Crippen molar-refractivity contribution in [1.29, 1.82) is 0 Å². The van der Waals surface area contributed by atoms with Crippen LogP contribution in [0.15, 0.2) is 16.7 Å². The molecule has 100 valence electrons. The van der Waals surface area contributed by atoms with Crippen LogP contribution in [0.5, 0.6) is 5.88 Å². The number of hydrogen-bond acceptors (Lipinski definition) is 8. The molecule has 0 aromatic carbocycles. The lowest BCUT2D eigenvalue weighted by Crippen LogP contribution is -2.15. The first-order chi connectivity index (χ1) is 9.26. The molecule has 2 aromatic heterocycles. The lowest BCUT2D eigenvalue weighted by molar-refractivity contribution is 0.191. The molecule has 1 aliphatic heterocycles. The zero-order chi connectivity index (χ0) is 13.2. The second-order valence-corrected chi connectivity index (χ2v) is 4.27. The molecule has 19 heavy (non-hydrogen) atoms. The van der Waals surface area contributed by atoms with E-state index in [9.17, 15) is 5.11 Å². The van der Waals surface area contributed by atoms with Crippen molar-refractivity contribution in [2.75, 3.05) is 13.7 Å². The fourth-order valence-corrected chi connectivity index (χ4v) is 1.93.